The summed E-state index contributed by atoms with van der Waals surface area (Å²) in [6.45, 7) is -0.291. The van der Waals surface area contributed by atoms with Crippen LogP contribution in [0.1, 0.15) is 15.7 Å². The molecule has 8 heteroatoms. The fourth-order valence-corrected chi connectivity index (χ4v) is 0.797. The first-order valence-electron chi connectivity index (χ1n) is 3.98. The Bertz CT molecular complexity index is 255. The molecule has 0 fully saturated rings. The number of carboxylic acid groups (broad SMARTS) is 1. The van der Waals surface area contributed by atoms with Gasteiger partial charge in [-0.1, -0.05) is 0 Å². The van der Waals surface area contributed by atoms with Gasteiger partial charge in [-0.2, -0.15) is 0 Å². The van der Waals surface area contributed by atoms with Crippen molar-refractivity contribution >= 4 is 40.8 Å². The molecular formula is C7H15MgN3O4. The Hall–Kier alpha value is -0.864. The second kappa shape index (κ2) is 8.45. The van der Waals surface area contributed by atoms with Crippen molar-refractivity contribution in [1.29, 1.82) is 0 Å². The zero-order valence-electron chi connectivity index (χ0n) is 10.2. The Balaban J connectivity index is -0.000000282. The number of carboxylic acids is 1. The number of primary amides is 1. The van der Waals surface area contributed by atoms with E-state index in [4.69, 9.17) is 16.6 Å². The number of hydrogen-bond donors (Lipinski definition) is 4. The van der Waals surface area contributed by atoms with Crippen LogP contribution >= 0.6 is 0 Å². The summed E-state index contributed by atoms with van der Waals surface area (Å²) >= 11 is 0. The topological polar surface area (TPSA) is 136 Å². The van der Waals surface area contributed by atoms with Crippen molar-refractivity contribution < 1.29 is 22.3 Å². The van der Waals surface area contributed by atoms with E-state index in [9.17, 15) is 14.4 Å². The summed E-state index contributed by atoms with van der Waals surface area (Å²) in [4.78, 5) is 31.7. The zero-order chi connectivity index (χ0) is 11.1. The molecule has 0 aromatic carbocycles. The van der Waals surface area contributed by atoms with Gasteiger partial charge in [0.05, 0.1) is 6.54 Å². The number of carbonyl (C=O) groups is 3. The molecule has 0 aromatic rings. The van der Waals surface area contributed by atoms with Gasteiger partial charge in [-0.25, -0.2) is 4.79 Å². The van der Waals surface area contributed by atoms with Gasteiger partial charge in [0.2, 0.25) is 11.8 Å². The van der Waals surface area contributed by atoms with Gasteiger partial charge in [0, 0.05) is 6.42 Å². The first-order chi connectivity index (χ1) is 6.47. The quantitative estimate of drug-likeness (QED) is 0.377. The molecule has 0 spiro atoms. The number of amides is 2. The van der Waals surface area contributed by atoms with Gasteiger partial charge in [0.15, 0.2) is 0 Å². The summed E-state index contributed by atoms with van der Waals surface area (Å²) in [5, 5.41) is 10.8. The number of rotatable bonds is 6. The Morgan fingerprint density at radius 1 is 1.40 bits per heavy atom. The Morgan fingerprint density at radius 2 is 1.93 bits per heavy atom. The SMILES string of the molecule is NCC(=O)NC(CCC(N)=O)C(=O)O.[H-].[H-].[Mg+2]. The van der Waals surface area contributed by atoms with Crippen molar-refractivity contribution in [2.24, 2.45) is 11.5 Å². The Morgan fingerprint density at radius 3 is 2.27 bits per heavy atom. The third-order valence-corrected chi connectivity index (χ3v) is 1.50. The van der Waals surface area contributed by atoms with E-state index < -0.39 is 23.8 Å². The number of nitrogens with two attached hydrogens (primary N) is 2. The number of aliphatic carboxylic acids is 1. The van der Waals surface area contributed by atoms with E-state index >= 15 is 0 Å². The first-order valence-corrected chi connectivity index (χ1v) is 3.98. The predicted molar refractivity (Wildman–Crippen MR) is 55.0 cm³/mol. The molecule has 0 saturated heterocycles. The second-order valence-electron chi connectivity index (χ2n) is 2.67. The molecule has 0 heterocycles. The molecule has 0 aromatic heterocycles. The third kappa shape index (κ3) is 8.15. The van der Waals surface area contributed by atoms with Crippen molar-refractivity contribution in [3.05, 3.63) is 0 Å². The van der Waals surface area contributed by atoms with E-state index in [0.29, 0.717) is 0 Å². The molecule has 0 aliphatic carbocycles. The van der Waals surface area contributed by atoms with Crippen LogP contribution in [-0.4, -0.2) is 58.5 Å². The Kier molecular flexibility index (Phi) is 9.32. The fourth-order valence-electron chi connectivity index (χ4n) is 0.797. The summed E-state index contributed by atoms with van der Waals surface area (Å²) < 4.78 is 0. The molecule has 0 bridgehead atoms. The summed E-state index contributed by atoms with van der Waals surface area (Å²) in [5.74, 6) is -2.41. The maximum atomic E-state index is 10.8. The molecule has 7 nitrogen and oxygen atoms in total. The molecular weight excluding hydrogens is 214 g/mol. The maximum Gasteiger partial charge on any atom is 2.00 e. The molecule has 6 N–H and O–H groups in total. The third-order valence-electron chi connectivity index (χ3n) is 1.50. The van der Waals surface area contributed by atoms with Gasteiger partial charge in [-0.05, 0) is 6.42 Å². The van der Waals surface area contributed by atoms with Crippen LogP contribution in [0, 0.1) is 0 Å². The van der Waals surface area contributed by atoms with Gasteiger partial charge in [0.1, 0.15) is 6.04 Å². The zero-order valence-corrected chi connectivity index (χ0v) is 9.65. The normalized spacial score (nSPS) is 11.0. The average Bonchev–Trinajstić information content (AvgIpc) is 2.10. The van der Waals surface area contributed by atoms with E-state index in [0.717, 1.165) is 0 Å². The predicted octanol–water partition coefficient (Wildman–Crippen LogP) is -2.38. The molecule has 15 heavy (non-hydrogen) atoms. The standard InChI is InChI=1S/C7H13N3O4.Mg.2H/c8-3-6(12)10-4(7(13)14)1-2-5(9)11;;;/h4H,1-3,8H2,(H2,9,11)(H,10,12)(H,13,14);;;/q;+2;2*-1. The summed E-state index contributed by atoms with van der Waals surface area (Å²) in [6.07, 6.45) is -0.127. The van der Waals surface area contributed by atoms with Crippen LogP contribution in [0.4, 0.5) is 0 Å². The summed E-state index contributed by atoms with van der Waals surface area (Å²) in [6, 6.07) is -1.11. The smallest absolute Gasteiger partial charge is 1.00 e. The molecule has 0 aliphatic rings. The molecule has 0 rings (SSSR count). The van der Waals surface area contributed by atoms with Gasteiger partial charge in [-0.15, -0.1) is 0 Å². The molecule has 0 radical (unpaired) electrons. The minimum Gasteiger partial charge on any atom is -1.00 e. The number of hydrogen-bond acceptors (Lipinski definition) is 4. The van der Waals surface area contributed by atoms with Crippen molar-refractivity contribution in [2.75, 3.05) is 6.54 Å². The Labute approximate surface area is 106 Å². The van der Waals surface area contributed by atoms with Crippen molar-refractivity contribution in [1.82, 2.24) is 5.32 Å². The van der Waals surface area contributed by atoms with Gasteiger partial charge in [0.25, 0.3) is 0 Å². The van der Waals surface area contributed by atoms with Crippen LogP contribution in [-0.2, 0) is 14.4 Å². The van der Waals surface area contributed by atoms with Crippen LogP contribution in [0.15, 0.2) is 0 Å². The van der Waals surface area contributed by atoms with Crippen molar-refractivity contribution in [3.8, 4) is 0 Å². The van der Waals surface area contributed by atoms with E-state index in [1.165, 1.54) is 0 Å². The van der Waals surface area contributed by atoms with E-state index in [1.807, 2.05) is 0 Å². The summed E-state index contributed by atoms with van der Waals surface area (Å²) in [7, 11) is 0. The van der Waals surface area contributed by atoms with Crippen LogP contribution in [0.3, 0.4) is 0 Å². The molecule has 1 atom stereocenters. The van der Waals surface area contributed by atoms with Crippen molar-refractivity contribution in [2.45, 2.75) is 18.9 Å². The summed E-state index contributed by atoms with van der Waals surface area (Å²) in [5.41, 5.74) is 9.81. The minimum atomic E-state index is -1.21. The maximum absolute atomic E-state index is 10.8. The van der Waals surface area contributed by atoms with E-state index in [-0.39, 0.29) is 45.3 Å². The monoisotopic (exact) mass is 229 g/mol. The fraction of sp³-hybridized carbons (Fsp3) is 0.571. The molecule has 0 aliphatic heterocycles. The molecule has 0 saturated carbocycles. The van der Waals surface area contributed by atoms with Gasteiger partial charge in [-0.3, -0.25) is 9.59 Å². The largest absolute Gasteiger partial charge is 2.00 e. The molecule has 1 unspecified atom stereocenters. The molecule has 2 amide bonds. The number of carbonyl (C=O) groups excluding carboxylic acids is 2. The van der Waals surface area contributed by atoms with Gasteiger partial charge >= 0.3 is 29.0 Å². The minimum absolute atomic E-state index is 0. The first kappa shape index (κ1) is 16.6. The van der Waals surface area contributed by atoms with Crippen molar-refractivity contribution in [3.63, 3.8) is 0 Å². The second-order valence-corrected chi connectivity index (χ2v) is 2.67. The van der Waals surface area contributed by atoms with Crippen LogP contribution < -0.4 is 16.8 Å². The van der Waals surface area contributed by atoms with Crippen LogP contribution in [0.25, 0.3) is 0 Å². The number of nitrogens with one attached hydrogen (secondary N) is 1. The van der Waals surface area contributed by atoms with E-state index in [2.05, 4.69) is 5.32 Å². The van der Waals surface area contributed by atoms with Crippen LogP contribution in [0.5, 0.6) is 0 Å². The van der Waals surface area contributed by atoms with Gasteiger partial charge < -0.3 is 24.7 Å². The van der Waals surface area contributed by atoms with E-state index in [1.54, 1.807) is 0 Å². The molecule has 84 valence electrons. The average molecular weight is 230 g/mol. The van der Waals surface area contributed by atoms with Crippen LogP contribution in [0.2, 0.25) is 0 Å².